The fraction of sp³-hybridized carbons (Fsp3) is 0.261. The highest BCUT2D eigenvalue weighted by Gasteiger charge is 2.23. The van der Waals surface area contributed by atoms with E-state index in [4.69, 9.17) is 4.52 Å². The highest BCUT2D eigenvalue weighted by molar-refractivity contribution is 7.98. The second kappa shape index (κ2) is 8.25. The summed E-state index contributed by atoms with van der Waals surface area (Å²) in [6.07, 6.45) is 4.38. The Kier molecular flexibility index (Phi) is 5.17. The fourth-order valence-corrected chi connectivity index (χ4v) is 4.24. The van der Waals surface area contributed by atoms with Gasteiger partial charge in [0.25, 0.3) is 0 Å². The van der Waals surface area contributed by atoms with Gasteiger partial charge in [-0.15, -0.1) is 10.2 Å². The lowest BCUT2D eigenvalue weighted by Gasteiger charge is -2.10. The molecule has 5 rings (SSSR count). The molecule has 1 fully saturated rings. The molecule has 1 aliphatic rings. The molecule has 0 bridgehead atoms. The highest BCUT2D eigenvalue weighted by Crippen LogP contribution is 2.33. The molecule has 2 aromatic carbocycles. The number of thioether (sulfide) groups is 1. The topological polar surface area (TPSA) is 56.7 Å². The van der Waals surface area contributed by atoms with Crippen LogP contribution in [-0.2, 0) is 18.6 Å². The summed E-state index contributed by atoms with van der Waals surface area (Å²) in [4.78, 5) is 0. The summed E-state index contributed by atoms with van der Waals surface area (Å²) in [5, 5.41) is 14.1. The molecule has 0 spiro atoms. The van der Waals surface area contributed by atoms with E-state index < -0.39 is 0 Å². The summed E-state index contributed by atoms with van der Waals surface area (Å²) in [6.45, 7) is 0. The Balaban J connectivity index is 1.37. The van der Waals surface area contributed by atoms with Crippen LogP contribution in [0, 0.1) is 5.92 Å². The number of benzene rings is 2. The Morgan fingerprint density at radius 2 is 1.72 bits per heavy atom. The Bertz CT molecular complexity index is 1070. The molecule has 0 radical (unpaired) electrons. The van der Waals surface area contributed by atoms with Gasteiger partial charge >= 0.3 is 0 Å². The monoisotopic (exact) mass is 402 g/mol. The Morgan fingerprint density at radius 1 is 0.966 bits per heavy atom. The minimum absolute atomic E-state index is 0.713. The molecule has 0 aliphatic heterocycles. The fourth-order valence-electron chi connectivity index (χ4n) is 3.39. The van der Waals surface area contributed by atoms with Crippen LogP contribution in [0.2, 0.25) is 0 Å². The molecule has 29 heavy (non-hydrogen) atoms. The molecule has 0 amide bonds. The van der Waals surface area contributed by atoms with Crippen molar-refractivity contribution < 1.29 is 4.52 Å². The van der Waals surface area contributed by atoms with Crippen LogP contribution in [0.1, 0.15) is 35.7 Å². The summed E-state index contributed by atoms with van der Waals surface area (Å²) in [5.74, 6) is 3.44. The molecule has 4 aromatic rings. The smallest absolute Gasteiger partial charge is 0.196 e. The van der Waals surface area contributed by atoms with Crippen molar-refractivity contribution in [3.05, 3.63) is 89.6 Å². The minimum Gasteiger partial charge on any atom is -0.361 e. The van der Waals surface area contributed by atoms with Crippen LogP contribution in [0.5, 0.6) is 0 Å². The largest absolute Gasteiger partial charge is 0.361 e. The molecule has 146 valence electrons. The molecule has 2 aromatic heterocycles. The van der Waals surface area contributed by atoms with Crippen molar-refractivity contribution >= 4 is 11.8 Å². The quantitative estimate of drug-likeness (QED) is 0.384. The van der Waals surface area contributed by atoms with Crippen molar-refractivity contribution in [1.82, 2.24) is 19.9 Å². The highest BCUT2D eigenvalue weighted by atomic mass is 32.2. The first-order valence-corrected chi connectivity index (χ1v) is 10.9. The van der Waals surface area contributed by atoms with Gasteiger partial charge in [-0.2, -0.15) is 0 Å². The molecular weight excluding hydrogens is 380 g/mol. The van der Waals surface area contributed by atoms with Crippen molar-refractivity contribution in [2.75, 3.05) is 0 Å². The third-order valence-electron chi connectivity index (χ3n) is 5.06. The van der Waals surface area contributed by atoms with Crippen LogP contribution >= 0.6 is 11.8 Å². The zero-order chi connectivity index (χ0) is 19.5. The van der Waals surface area contributed by atoms with Gasteiger partial charge in [-0.1, -0.05) is 65.4 Å². The molecule has 1 aliphatic carbocycles. The molecule has 5 nitrogen and oxygen atoms in total. The van der Waals surface area contributed by atoms with Crippen molar-refractivity contribution in [1.29, 1.82) is 0 Å². The van der Waals surface area contributed by atoms with E-state index >= 15 is 0 Å². The maximum Gasteiger partial charge on any atom is 0.196 e. The van der Waals surface area contributed by atoms with Crippen LogP contribution in [0.15, 0.2) is 76.4 Å². The number of nitrogens with zero attached hydrogens (tertiary/aromatic N) is 4. The average Bonchev–Trinajstić information content (AvgIpc) is 3.31. The molecule has 1 saturated carbocycles. The third-order valence-corrected chi connectivity index (χ3v) is 6.03. The molecule has 6 heteroatoms. The second-order valence-electron chi connectivity index (χ2n) is 7.45. The number of aromatic nitrogens is 4. The van der Waals surface area contributed by atoms with Gasteiger partial charge in [0.05, 0.1) is 5.69 Å². The Morgan fingerprint density at radius 3 is 2.48 bits per heavy atom. The number of para-hydroxylation sites is 1. The summed E-state index contributed by atoms with van der Waals surface area (Å²) in [6, 6.07) is 22.7. The van der Waals surface area contributed by atoms with Crippen LogP contribution in [-0.4, -0.2) is 19.9 Å². The Labute approximate surface area is 174 Å². The van der Waals surface area contributed by atoms with Gasteiger partial charge in [0, 0.05) is 30.3 Å². The van der Waals surface area contributed by atoms with Gasteiger partial charge < -0.3 is 4.52 Å². The molecule has 2 heterocycles. The standard InChI is InChI=1S/C23H22N4OS/c1-3-7-17(8-4-1)14-22-24-25-23(27(22)20-9-5-2-6-10-20)29-16-19-15-21(28-26-19)13-18-11-12-18/h1-10,15,18H,11-14,16H2. The number of rotatable bonds is 8. The molecule has 0 unspecified atom stereocenters. The first kappa shape index (κ1) is 18.2. The maximum absolute atomic E-state index is 5.50. The van der Waals surface area contributed by atoms with Gasteiger partial charge in [-0.25, -0.2) is 0 Å². The van der Waals surface area contributed by atoms with Crippen molar-refractivity contribution in [2.45, 2.75) is 36.6 Å². The van der Waals surface area contributed by atoms with E-state index in [1.54, 1.807) is 11.8 Å². The zero-order valence-electron chi connectivity index (χ0n) is 16.1. The normalized spacial score (nSPS) is 13.7. The predicted octanol–water partition coefficient (Wildman–Crippen LogP) is 5.09. The van der Waals surface area contributed by atoms with Crippen molar-refractivity contribution in [3.8, 4) is 5.69 Å². The van der Waals surface area contributed by atoms with Crippen LogP contribution < -0.4 is 0 Å². The van der Waals surface area contributed by atoms with E-state index in [1.165, 1.54) is 18.4 Å². The van der Waals surface area contributed by atoms with E-state index in [2.05, 4.69) is 62.4 Å². The summed E-state index contributed by atoms with van der Waals surface area (Å²) >= 11 is 1.64. The van der Waals surface area contributed by atoms with E-state index in [0.29, 0.717) is 5.75 Å². The summed E-state index contributed by atoms with van der Waals surface area (Å²) in [7, 11) is 0. The van der Waals surface area contributed by atoms with E-state index in [9.17, 15) is 0 Å². The maximum atomic E-state index is 5.50. The Hall–Kier alpha value is -2.86. The van der Waals surface area contributed by atoms with Gasteiger partial charge in [0.1, 0.15) is 11.6 Å². The van der Waals surface area contributed by atoms with E-state index in [1.807, 2.05) is 24.3 Å². The zero-order valence-corrected chi connectivity index (χ0v) is 16.9. The summed E-state index contributed by atoms with van der Waals surface area (Å²) in [5.41, 5.74) is 3.24. The average molecular weight is 403 g/mol. The van der Waals surface area contributed by atoms with Crippen LogP contribution in [0.3, 0.4) is 0 Å². The molecule has 0 saturated heterocycles. The lowest BCUT2D eigenvalue weighted by atomic mass is 10.1. The summed E-state index contributed by atoms with van der Waals surface area (Å²) < 4.78 is 7.64. The molecular formula is C23H22N4OS. The molecule has 0 N–H and O–H groups in total. The van der Waals surface area contributed by atoms with Crippen molar-refractivity contribution in [3.63, 3.8) is 0 Å². The van der Waals surface area contributed by atoms with Gasteiger partial charge in [0.2, 0.25) is 0 Å². The minimum atomic E-state index is 0.713. The lowest BCUT2D eigenvalue weighted by molar-refractivity contribution is 0.374. The van der Waals surface area contributed by atoms with Gasteiger partial charge in [-0.05, 0) is 36.5 Å². The van der Waals surface area contributed by atoms with E-state index in [0.717, 1.165) is 46.9 Å². The third kappa shape index (κ3) is 4.43. The lowest BCUT2D eigenvalue weighted by Crippen LogP contribution is -2.03. The van der Waals surface area contributed by atoms with Gasteiger partial charge in [0.15, 0.2) is 5.16 Å². The van der Waals surface area contributed by atoms with Gasteiger partial charge in [-0.3, -0.25) is 4.57 Å². The van der Waals surface area contributed by atoms with E-state index in [-0.39, 0.29) is 0 Å². The van der Waals surface area contributed by atoms with Crippen molar-refractivity contribution in [2.24, 2.45) is 5.92 Å². The van der Waals surface area contributed by atoms with Crippen LogP contribution in [0.4, 0.5) is 0 Å². The predicted molar refractivity (Wildman–Crippen MR) is 113 cm³/mol. The molecule has 0 atom stereocenters. The second-order valence-corrected chi connectivity index (χ2v) is 8.40. The van der Waals surface area contributed by atoms with Crippen LogP contribution in [0.25, 0.3) is 5.69 Å². The number of hydrogen-bond acceptors (Lipinski definition) is 5. The SMILES string of the molecule is c1ccc(Cc2nnc(SCc3cc(CC4CC4)on3)n2-c2ccccc2)cc1. The first-order chi connectivity index (χ1) is 14.3. The number of hydrogen-bond donors (Lipinski definition) is 0. The first-order valence-electron chi connectivity index (χ1n) is 9.96.